The molecule has 0 bridgehead atoms. The Kier molecular flexibility index (Phi) is 10.1. The van der Waals surface area contributed by atoms with Crippen LogP contribution in [0.25, 0.3) is 11.3 Å². The molecule has 14 nitrogen and oxygen atoms in total. The van der Waals surface area contributed by atoms with Gasteiger partial charge in [-0.15, -0.1) is 18.3 Å². The van der Waals surface area contributed by atoms with Crippen LogP contribution in [0, 0.1) is 17.5 Å². The predicted molar refractivity (Wildman–Crippen MR) is 143 cm³/mol. The zero-order chi connectivity index (χ0) is 34.8. The largest absolute Gasteiger partial charge is 0.573 e. The first kappa shape index (κ1) is 34.7. The fraction of sp³-hybridized carbons (Fsp3) is 0.296. The third-order valence-electron chi connectivity index (χ3n) is 6.65. The Bertz CT molecular complexity index is 1720. The van der Waals surface area contributed by atoms with Gasteiger partial charge in [-0.25, -0.2) is 18.3 Å². The van der Waals surface area contributed by atoms with E-state index < -0.39 is 95.7 Å². The second-order valence-electron chi connectivity index (χ2n) is 9.87. The van der Waals surface area contributed by atoms with E-state index in [-0.39, 0.29) is 23.0 Å². The summed E-state index contributed by atoms with van der Waals surface area (Å²) in [5.74, 6) is -13.2. The van der Waals surface area contributed by atoms with Crippen LogP contribution in [0.3, 0.4) is 0 Å². The molecular weight excluding hydrogens is 652 g/mol. The monoisotopic (exact) mass is 675 g/mol. The highest BCUT2D eigenvalue weighted by Crippen LogP contribution is 2.35. The fourth-order valence-corrected chi connectivity index (χ4v) is 4.59. The predicted octanol–water partition coefficient (Wildman–Crippen LogP) is 1.64. The molecule has 0 aliphatic carbocycles. The molecular formula is C27H23F6N5O9. The molecule has 0 unspecified atom stereocenters. The van der Waals surface area contributed by atoms with Gasteiger partial charge in [0.1, 0.15) is 24.0 Å². The Hall–Kier alpha value is -5.21. The van der Waals surface area contributed by atoms with Gasteiger partial charge in [0.05, 0.1) is 36.1 Å². The maximum absolute atomic E-state index is 14.8. The number of alkyl halides is 3. The average Bonchev–Trinajstić information content (AvgIpc) is 3.49. The lowest BCUT2D eigenvalue weighted by atomic mass is 9.92. The molecule has 2 aromatic carbocycles. The molecule has 5 atom stereocenters. The molecule has 0 fully saturated rings. The number of aromatic nitrogens is 3. The molecule has 0 saturated heterocycles. The molecule has 47 heavy (non-hydrogen) atoms. The molecule has 2 amide bonds. The topological polar surface area (TPSA) is 205 Å². The summed E-state index contributed by atoms with van der Waals surface area (Å²) in [5, 5.41) is 52.0. The zero-order valence-electron chi connectivity index (χ0n) is 23.6. The van der Waals surface area contributed by atoms with Crippen LogP contribution in [0.15, 0.2) is 48.4 Å². The number of nitrogens with zero attached hydrogens (tertiary/aromatic N) is 3. The number of carbonyl (C=O) groups is 3. The van der Waals surface area contributed by atoms with Crippen LogP contribution in [-0.4, -0.2) is 90.5 Å². The van der Waals surface area contributed by atoms with Gasteiger partial charge in [0, 0.05) is 12.5 Å². The normalized spacial score (nSPS) is 19.2. The molecule has 252 valence electrons. The highest BCUT2D eigenvalue weighted by atomic mass is 19.4. The third-order valence-corrected chi connectivity index (χ3v) is 6.65. The lowest BCUT2D eigenvalue weighted by Crippen LogP contribution is -2.58. The van der Waals surface area contributed by atoms with E-state index in [0.717, 1.165) is 17.7 Å². The maximum Gasteiger partial charge on any atom is 0.573 e. The molecule has 3 aromatic rings. The van der Waals surface area contributed by atoms with Gasteiger partial charge < -0.3 is 40.5 Å². The van der Waals surface area contributed by atoms with E-state index in [1.54, 1.807) is 0 Å². The minimum Gasteiger partial charge on any atom is -0.478 e. The van der Waals surface area contributed by atoms with Gasteiger partial charge in [-0.2, -0.15) is 4.39 Å². The molecule has 6 N–H and O–H groups in total. The van der Waals surface area contributed by atoms with E-state index in [9.17, 15) is 61.2 Å². The minimum atomic E-state index is -5.62. The van der Waals surface area contributed by atoms with Gasteiger partial charge in [-0.3, -0.25) is 9.59 Å². The second kappa shape index (κ2) is 13.6. The maximum atomic E-state index is 14.8. The van der Waals surface area contributed by atoms with Gasteiger partial charge in [0.25, 0.3) is 5.91 Å². The number of aliphatic hydroxyl groups is 3. The van der Waals surface area contributed by atoms with Crippen LogP contribution in [0.2, 0.25) is 0 Å². The Labute approximate surface area is 258 Å². The summed E-state index contributed by atoms with van der Waals surface area (Å²) in [7, 11) is 0. The number of carboxylic acid groups (broad SMARTS) is 1. The lowest BCUT2D eigenvalue weighted by molar-refractivity contribution is -0.276. The number of carbonyl (C=O) groups excluding carboxylic acids is 2. The van der Waals surface area contributed by atoms with E-state index in [2.05, 4.69) is 25.7 Å². The summed E-state index contributed by atoms with van der Waals surface area (Å²) in [6.45, 7) is 0.144. The van der Waals surface area contributed by atoms with Crippen LogP contribution < -0.4 is 15.4 Å². The van der Waals surface area contributed by atoms with Crippen LogP contribution in [0.4, 0.5) is 32.0 Å². The van der Waals surface area contributed by atoms with E-state index in [0.29, 0.717) is 0 Å². The second-order valence-corrected chi connectivity index (χ2v) is 9.87. The number of aliphatic carboxylic acids is 1. The van der Waals surface area contributed by atoms with Gasteiger partial charge in [0.15, 0.2) is 11.6 Å². The summed E-state index contributed by atoms with van der Waals surface area (Å²) in [6.07, 6.45) is -8.80. The van der Waals surface area contributed by atoms with Crippen molar-refractivity contribution in [1.29, 1.82) is 0 Å². The number of carboxylic acids is 1. The van der Waals surface area contributed by atoms with Crippen molar-refractivity contribution in [3.8, 4) is 17.0 Å². The number of halogens is 6. The molecule has 20 heteroatoms. The van der Waals surface area contributed by atoms with E-state index in [1.807, 2.05) is 0 Å². The fourth-order valence-electron chi connectivity index (χ4n) is 4.59. The van der Waals surface area contributed by atoms with Gasteiger partial charge in [-0.05, 0) is 18.2 Å². The third kappa shape index (κ3) is 7.61. The SMILES string of the molecule is CC(=O)N[C@H]1[C@H]([C@H](O)[C@H](O)CO)OC(C(=O)O)=C[C@@H]1n1cc(-c2ccccc2NC(=O)c2cc(F)c(F)c(OC(F)(F)F)c2F)nn1. The summed E-state index contributed by atoms with van der Waals surface area (Å²) in [6, 6.07) is 2.83. The van der Waals surface area contributed by atoms with E-state index >= 15 is 0 Å². The Morgan fingerprint density at radius 2 is 1.81 bits per heavy atom. The highest BCUT2D eigenvalue weighted by molar-refractivity contribution is 6.06. The number of benzene rings is 2. The number of hydrogen-bond acceptors (Lipinski definition) is 10. The van der Waals surface area contributed by atoms with Crippen molar-refractivity contribution in [2.24, 2.45) is 0 Å². The summed E-state index contributed by atoms with van der Waals surface area (Å²) in [5.41, 5.74) is -1.57. The molecule has 1 aliphatic rings. The highest BCUT2D eigenvalue weighted by Gasteiger charge is 2.45. The summed E-state index contributed by atoms with van der Waals surface area (Å²) < 4.78 is 90.3. The van der Waals surface area contributed by atoms with Crippen molar-refractivity contribution in [3.05, 3.63) is 71.4 Å². The number of amides is 2. The van der Waals surface area contributed by atoms with E-state index in [4.69, 9.17) is 4.74 Å². The number of rotatable bonds is 10. The van der Waals surface area contributed by atoms with Crippen molar-refractivity contribution in [1.82, 2.24) is 20.3 Å². The zero-order valence-corrected chi connectivity index (χ0v) is 23.6. The number of hydrogen-bond donors (Lipinski definition) is 6. The number of anilines is 1. The van der Waals surface area contributed by atoms with Crippen LogP contribution >= 0.6 is 0 Å². The smallest absolute Gasteiger partial charge is 0.478 e. The number of ether oxygens (including phenoxy) is 2. The Balaban J connectivity index is 1.72. The van der Waals surface area contributed by atoms with Gasteiger partial charge >= 0.3 is 12.3 Å². The molecule has 4 rings (SSSR count). The van der Waals surface area contributed by atoms with Crippen molar-refractivity contribution in [2.45, 2.75) is 43.7 Å². The first-order chi connectivity index (χ1) is 22.0. The summed E-state index contributed by atoms with van der Waals surface area (Å²) in [4.78, 5) is 36.7. The average molecular weight is 675 g/mol. The Morgan fingerprint density at radius 3 is 2.43 bits per heavy atom. The first-order valence-electron chi connectivity index (χ1n) is 13.1. The lowest BCUT2D eigenvalue weighted by Gasteiger charge is -2.39. The van der Waals surface area contributed by atoms with E-state index in [1.165, 1.54) is 30.5 Å². The van der Waals surface area contributed by atoms with Crippen molar-refractivity contribution < 1.29 is 70.6 Å². The molecule has 0 spiro atoms. The molecule has 0 saturated carbocycles. The summed E-state index contributed by atoms with van der Waals surface area (Å²) >= 11 is 0. The Morgan fingerprint density at radius 1 is 1.13 bits per heavy atom. The molecule has 0 radical (unpaired) electrons. The quantitative estimate of drug-likeness (QED) is 0.135. The molecule has 1 aromatic heterocycles. The van der Waals surface area contributed by atoms with Crippen molar-refractivity contribution in [3.63, 3.8) is 0 Å². The number of para-hydroxylation sites is 1. The van der Waals surface area contributed by atoms with Crippen LogP contribution in [0.5, 0.6) is 5.75 Å². The van der Waals surface area contributed by atoms with Gasteiger partial charge in [0.2, 0.25) is 23.2 Å². The van der Waals surface area contributed by atoms with Crippen LogP contribution in [-0.2, 0) is 14.3 Å². The van der Waals surface area contributed by atoms with Gasteiger partial charge in [-0.1, -0.05) is 23.4 Å². The molecule has 1 aliphatic heterocycles. The molecule has 2 heterocycles. The number of aliphatic hydroxyl groups excluding tert-OH is 3. The first-order valence-corrected chi connectivity index (χ1v) is 13.1. The number of nitrogens with one attached hydrogen (secondary N) is 2. The minimum absolute atomic E-state index is 0.0275. The standard InChI is InChI=1S/C27H23F6N5O9/c1-10(40)34-21-16(7-18(26(44)45)46-24(21)22(42)17(41)9-39)38-8-15(36-37-38)11-4-2-3-5-14(11)35-25(43)12-6-13(28)20(30)23(19(12)29)47-27(31,32)33/h2-8,16-17,21-22,24,39,41-42H,9H2,1H3,(H,34,40)(H,35,43)(H,44,45)/t16-,17+,21+,22+,24+/m0/s1. The van der Waals surface area contributed by atoms with Crippen LogP contribution in [0.1, 0.15) is 23.3 Å². The van der Waals surface area contributed by atoms with Crippen molar-refractivity contribution in [2.75, 3.05) is 11.9 Å². The van der Waals surface area contributed by atoms with Crippen molar-refractivity contribution >= 4 is 23.5 Å².